The molecule has 2 rings (SSSR count). The molecule has 1 aromatic rings. The molecule has 1 saturated carbocycles. The molecule has 0 aliphatic heterocycles. The number of hydrogen-bond acceptors (Lipinski definition) is 5. The fourth-order valence-electron chi connectivity index (χ4n) is 2.44. The third-order valence-corrected chi connectivity index (χ3v) is 3.48. The van der Waals surface area contributed by atoms with Crippen LogP contribution in [0.1, 0.15) is 32.1 Å². The molecule has 1 aromatic heterocycles. The predicted molar refractivity (Wildman–Crippen MR) is 67.4 cm³/mol. The Hall–Kier alpha value is -1.69. The van der Waals surface area contributed by atoms with Gasteiger partial charge in [0.2, 0.25) is 5.82 Å². The van der Waals surface area contributed by atoms with Gasteiger partial charge < -0.3 is 10.4 Å². The second-order valence-electron chi connectivity index (χ2n) is 4.75. The number of anilines is 1. The van der Waals surface area contributed by atoms with E-state index < -0.39 is 10.5 Å². The Bertz CT molecular complexity index is 430. The van der Waals surface area contributed by atoms with Crippen LogP contribution < -0.4 is 5.32 Å². The minimum atomic E-state index is -0.461. The first-order valence-corrected chi connectivity index (χ1v) is 6.15. The van der Waals surface area contributed by atoms with Crippen LogP contribution in [0.25, 0.3) is 0 Å². The van der Waals surface area contributed by atoms with Crippen molar-refractivity contribution in [2.75, 3.05) is 11.9 Å². The molecule has 0 saturated heterocycles. The zero-order valence-electron chi connectivity index (χ0n) is 10.1. The lowest BCUT2D eigenvalue weighted by molar-refractivity contribution is -0.384. The van der Waals surface area contributed by atoms with E-state index in [-0.39, 0.29) is 18.1 Å². The lowest BCUT2D eigenvalue weighted by Crippen LogP contribution is -2.44. The smallest absolute Gasteiger partial charge is 0.311 e. The van der Waals surface area contributed by atoms with E-state index in [1.807, 2.05) is 0 Å². The summed E-state index contributed by atoms with van der Waals surface area (Å²) in [4.78, 5) is 14.5. The Morgan fingerprint density at radius 2 is 2.17 bits per heavy atom. The summed E-state index contributed by atoms with van der Waals surface area (Å²) in [5.74, 6) is 0.249. The van der Waals surface area contributed by atoms with Gasteiger partial charge in [0.05, 0.1) is 17.1 Å². The highest BCUT2D eigenvalue weighted by atomic mass is 16.6. The summed E-state index contributed by atoms with van der Waals surface area (Å²) in [5, 5.41) is 23.6. The molecule has 0 unspecified atom stereocenters. The standard InChI is InChI=1S/C12H17N3O3/c16-9-12(6-2-1-3-7-12)14-11-10(15(17)18)5-4-8-13-11/h4-5,8,16H,1-3,6-7,9H2,(H,13,14). The van der Waals surface area contributed by atoms with Crippen molar-refractivity contribution in [1.29, 1.82) is 0 Å². The van der Waals surface area contributed by atoms with E-state index in [1.54, 1.807) is 0 Å². The van der Waals surface area contributed by atoms with E-state index in [4.69, 9.17) is 0 Å². The van der Waals surface area contributed by atoms with Crippen molar-refractivity contribution in [3.63, 3.8) is 0 Å². The first-order chi connectivity index (χ1) is 8.67. The molecule has 0 bridgehead atoms. The van der Waals surface area contributed by atoms with Crippen LogP contribution in [-0.2, 0) is 0 Å². The summed E-state index contributed by atoms with van der Waals surface area (Å²) < 4.78 is 0. The van der Waals surface area contributed by atoms with E-state index in [1.165, 1.54) is 18.3 Å². The van der Waals surface area contributed by atoms with Crippen LogP contribution >= 0.6 is 0 Å². The van der Waals surface area contributed by atoms with Crippen molar-refractivity contribution in [2.45, 2.75) is 37.6 Å². The van der Waals surface area contributed by atoms with Gasteiger partial charge in [-0.15, -0.1) is 0 Å². The summed E-state index contributed by atoms with van der Waals surface area (Å²) in [5.41, 5.74) is -0.506. The van der Waals surface area contributed by atoms with Gasteiger partial charge in [0.25, 0.3) is 0 Å². The molecular formula is C12H17N3O3. The monoisotopic (exact) mass is 251 g/mol. The van der Waals surface area contributed by atoms with Gasteiger partial charge in [0.15, 0.2) is 0 Å². The number of nitrogens with zero attached hydrogens (tertiary/aromatic N) is 2. The molecule has 98 valence electrons. The summed E-state index contributed by atoms with van der Waals surface area (Å²) >= 11 is 0. The number of aliphatic hydroxyl groups excluding tert-OH is 1. The highest BCUT2D eigenvalue weighted by Crippen LogP contribution is 2.33. The molecule has 0 amide bonds. The molecule has 2 N–H and O–H groups in total. The van der Waals surface area contributed by atoms with Crippen LogP contribution in [0.4, 0.5) is 11.5 Å². The highest BCUT2D eigenvalue weighted by molar-refractivity contribution is 5.56. The predicted octanol–water partition coefficient (Wildman–Crippen LogP) is 2.10. The fraction of sp³-hybridized carbons (Fsp3) is 0.583. The average molecular weight is 251 g/mol. The molecule has 0 spiro atoms. The van der Waals surface area contributed by atoms with Crippen molar-refractivity contribution >= 4 is 11.5 Å². The lowest BCUT2D eigenvalue weighted by Gasteiger charge is -2.36. The van der Waals surface area contributed by atoms with Gasteiger partial charge in [-0.3, -0.25) is 10.1 Å². The maximum absolute atomic E-state index is 10.9. The number of aliphatic hydroxyl groups is 1. The first-order valence-electron chi connectivity index (χ1n) is 6.15. The largest absolute Gasteiger partial charge is 0.394 e. The van der Waals surface area contributed by atoms with Crippen molar-refractivity contribution in [2.24, 2.45) is 0 Å². The number of hydrogen-bond donors (Lipinski definition) is 2. The van der Waals surface area contributed by atoms with E-state index in [0.29, 0.717) is 0 Å². The fourth-order valence-corrected chi connectivity index (χ4v) is 2.44. The quantitative estimate of drug-likeness (QED) is 0.632. The second kappa shape index (κ2) is 5.30. The van der Waals surface area contributed by atoms with Crippen LogP contribution in [0.5, 0.6) is 0 Å². The van der Waals surface area contributed by atoms with Crippen LogP contribution in [-0.4, -0.2) is 27.2 Å². The highest BCUT2D eigenvalue weighted by Gasteiger charge is 2.33. The van der Waals surface area contributed by atoms with E-state index in [0.717, 1.165) is 32.1 Å². The van der Waals surface area contributed by atoms with Crippen LogP contribution in [0.2, 0.25) is 0 Å². The van der Waals surface area contributed by atoms with Crippen LogP contribution in [0.3, 0.4) is 0 Å². The van der Waals surface area contributed by atoms with Crippen molar-refractivity contribution in [3.05, 3.63) is 28.4 Å². The Balaban J connectivity index is 2.24. The Morgan fingerprint density at radius 1 is 1.44 bits per heavy atom. The number of nitrogens with one attached hydrogen (secondary N) is 1. The van der Waals surface area contributed by atoms with Gasteiger partial charge in [0, 0.05) is 12.3 Å². The van der Waals surface area contributed by atoms with Crippen molar-refractivity contribution < 1.29 is 10.0 Å². The van der Waals surface area contributed by atoms with Gasteiger partial charge in [-0.2, -0.15) is 0 Å². The molecule has 1 heterocycles. The zero-order valence-corrected chi connectivity index (χ0v) is 10.1. The summed E-state index contributed by atoms with van der Waals surface area (Å²) in [6, 6.07) is 2.96. The maximum atomic E-state index is 10.9. The van der Waals surface area contributed by atoms with Gasteiger partial charge >= 0.3 is 5.69 Å². The van der Waals surface area contributed by atoms with Crippen molar-refractivity contribution in [1.82, 2.24) is 4.98 Å². The number of rotatable bonds is 4. The summed E-state index contributed by atoms with van der Waals surface area (Å²) in [7, 11) is 0. The molecule has 0 aromatic carbocycles. The molecule has 6 nitrogen and oxygen atoms in total. The molecule has 1 aliphatic rings. The Labute approximate surface area is 105 Å². The molecule has 1 aliphatic carbocycles. The summed E-state index contributed by atoms with van der Waals surface area (Å²) in [6.45, 7) is -0.0271. The van der Waals surface area contributed by atoms with Gasteiger partial charge in [-0.05, 0) is 18.9 Å². The Kier molecular flexibility index (Phi) is 3.76. The number of nitro groups is 1. The minimum absolute atomic E-state index is 0.0271. The van der Waals surface area contributed by atoms with E-state index >= 15 is 0 Å². The van der Waals surface area contributed by atoms with Gasteiger partial charge in [-0.25, -0.2) is 4.98 Å². The third kappa shape index (κ3) is 2.59. The normalized spacial score (nSPS) is 18.3. The summed E-state index contributed by atoms with van der Waals surface area (Å²) in [6.07, 6.45) is 6.34. The molecule has 18 heavy (non-hydrogen) atoms. The molecule has 0 atom stereocenters. The first kappa shape index (κ1) is 12.8. The SMILES string of the molecule is O=[N+]([O-])c1cccnc1NC1(CO)CCCCC1. The topological polar surface area (TPSA) is 88.3 Å². The minimum Gasteiger partial charge on any atom is -0.394 e. The average Bonchev–Trinajstić information content (AvgIpc) is 2.40. The van der Waals surface area contributed by atoms with Crippen LogP contribution in [0.15, 0.2) is 18.3 Å². The molecule has 0 radical (unpaired) electrons. The van der Waals surface area contributed by atoms with E-state index in [9.17, 15) is 15.2 Å². The lowest BCUT2D eigenvalue weighted by atomic mass is 9.82. The molecular weight excluding hydrogens is 234 g/mol. The zero-order chi connectivity index (χ0) is 13.0. The van der Waals surface area contributed by atoms with Gasteiger partial charge in [-0.1, -0.05) is 19.3 Å². The van der Waals surface area contributed by atoms with E-state index in [2.05, 4.69) is 10.3 Å². The van der Waals surface area contributed by atoms with Crippen molar-refractivity contribution in [3.8, 4) is 0 Å². The molecule has 6 heteroatoms. The van der Waals surface area contributed by atoms with Gasteiger partial charge in [0.1, 0.15) is 0 Å². The Morgan fingerprint density at radius 3 is 2.78 bits per heavy atom. The number of aromatic nitrogens is 1. The third-order valence-electron chi connectivity index (χ3n) is 3.48. The second-order valence-corrected chi connectivity index (χ2v) is 4.75. The maximum Gasteiger partial charge on any atom is 0.311 e. The number of pyridine rings is 1. The van der Waals surface area contributed by atoms with Crippen LogP contribution in [0, 0.1) is 10.1 Å². The molecule has 1 fully saturated rings.